The van der Waals surface area contributed by atoms with Crippen molar-refractivity contribution in [2.75, 3.05) is 38.1 Å². The Morgan fingerprint density at radius 3 is 2.39 bits per heavy atom. The molecule has 1 aliphatic rings. The number of hydrogen-bond acceptors (Lipinski definition) is 3. The number of nitrogens with zero attached hydrogens (tertiary/aromatic N) is 1. The predicted octanol–water partition coefficient (Wildman–Crippen LogP) is 0.159. The van der Waals surface area contributed by atoms with Crippen LogP contribution in [0.4, 0.5) is 5.69 Å². The van der Waals surface area contributed by atoms with E-state index in [0.717, 1.165) is 24.5 Å². The largest absolute Gasteiger partial charge is 0.494 e. The van der Waals surface area contributed by atoms with Crippen LogP contribution in [0, 0.1) is 0 Å². The molecule has 23 heavy (non-hydrogen) atoms. The second kappa shape index (κ2) is 7.97. The summed E-state index contributed by atoms with van der Waals surface area (Å²) in [7, 11) is 0. The minimum atomic E-state index is -0.143. The van der Waals surface area contributed by atoms with Crippen molar-refractivity contribution in [3.8, 4) is 5.75 Å². The average Bonchev–Trinajstić information content (AvgIpc) is 2.56. The highest BCUT2D eigenvalue weighted by Gasteiger charge is 2.29. The van der Waals surface area contributed by atoms with E-state index in [1.807, 2.05) is 43.0 Å². The van der Waals surface area contributed by atoms with E-state index in [2.05, 4.69) is 5.32 Å². The molecule has 0 radical (unpaired) electrons. The number of amides is 2. The number of benzene rings is 1. The number of carbonyl (C=O) groups excluding carboxylic acids is 2. The maximum absolute atomic E-state index is 12.4. The molecule has 1 aliphatic heterocycles. The molecule has 1 aromatic carbocycles. The molecule has 1 fully saturated rings. The van der Waals surface area contributed by atoms with E-state index in [1.54, 1.807) is 6.92 Å². The topological polar surface area (TPSA) is 63.1 Å². The fourth-order valence-corrected chi connectivity index (χ4v) is 2.78. The first-order valence-corrected chi connectivity index (χ1v) is 8.15. The summed E-state index contributed by atoms with van der Waals surface area (Å²) in [6.45, 7) is 9.12. The maximum atomic E-state index is 12.4. The summed E-state index contributed by atoms with van der Waals surface area (Å²) in [5.74, 6) is 0.903. The third-order valence-corrected chi connectivity index (χ3v) is 4.29. The lowest BCUT2D eigenvalue weighted by molar-refractivity contribution is -0.917. The quantitative estimate of drug-likeness (QED) is 0.812. The molecular weight excluding hydrogens is 294 g/mol. The van der Waals surface area contributed by atoms with Crippen LogP contribution >= 0.6 is 0 Å². The van der Waals surface area contributed by atoms with E-state index in [0.29, 0.717) is 19.7 Å². The van der Waals surface area contributed by atoms with Crippen LogP contribution in [-0.2, 0) is 9.59 Å². The molecule has 6 nitrogen and oxygen atoms in total. The van der Waals surface area contributed by atoms with Crippen molar-refractivity contribution in [1.29, 1.82) is 0 Å². The van der Waals surface area contributed by atoms with Crippen molar-refractivity contribution in [1.82, 2.24) is 4.90 Å². The number of quaternary nitrogens is 1. The monoisotopic (exact) mass is 320 g/mol. The van der Waals surface area contributed by atoms with Crippen LogP contribution in [0.1, 0.15) is 20.8 Å². The van der Waals surface area contributed by atoms with Crippen LogP contribution in [0.25, 0.3) is 0 Å². The predicted molar refractivity (Wildman–Crippen MR) is 88.7 cm³/mol. The summed E-state index contributed by atoms with van der Waals surface area (Å²) in [6.07, 6.45) is 0. The second-order valence-electron chi connectivity index (χ2n) is 5.83. The molecule has 0 aliphatic carbocycles. The zero-order chi connectivity index (χ0) is 16.8. The smallest absolute Gasteiger partial charge is 0.282 e. The van der Waals surface area contributed by atoms with Crippen LogP contribution in [0.15, 0.2) is 24.3 Å². The van der Waals surface area contributed by atoms with E-state index in [-0.39, 0.29) is 17.9 Å². The van der Waals surface area contributed by atoms with Crippen LogP contribution < -0.4 is 15.0 Å². The van der Waals surface area contributed by atoms with Crippen LogP contribution in [0.2, 0.25) is 0 Å². The van der Waals surface area contributed by atoms with Gasteiger partial charge in [-0.15, -0.1) is 0 Å². The fourth-order valence-electron chi connectivity index (χ4n) is 2.78. The maximum Gasteiger partial charge on any atom is 0.282 e. The first-order valence-electron chi connectivity index (χ1n) is 8.15. The van der Waals surface area contributed by atoms with Crippen LogP contribution in [-0.4, -0.2) is 55.5 Å². The summed E-state index contributed by atoms with van der Waals surface area (Å²) in [4.78, 5) is 26.8. The molecule has 1 saturated heterocycles. The summed E-state index contributed by atoms with van der Waals surface area (Å²) in [5, 5.41) is 2.95. The second-order valence-corrected chi connectivity index (χ2v) is 5.83. The molecule has 0 saturated carbocycles. The van der Waals surface area contributed by atoms with Gasteiger partial charge in [-0.2, -0.15) is 0 Å². The van der Waals surface area contributed by atoms with Crippen molar-refractivity contribution >= 4 is 17.5 Å². The third kappa shape index (κ3) is 4.69. The lowest BCUT2D eigenvalue weighted by atomic mass is 10.2. The lowest BCUT2D eigenvalue weighted by Gasteiger charge is -2.34. The number of nitrogens with one attached hydrogen (secondary N) is 2. The van der Waals surface area contributed by atoms with Gasteiger partial charge in [0.25, 0.3) is 5.91 Å². The molecule has 126 valence electrons. The molecule has 2 amide bonds. The Hall–Kier alpha value is -2.08. The highest BCUT2D eigenvalue weighted by Crippen LogP contribution is 2.15. The molecule has 2 rings (SSSR count). The van der Waals surface area contributed by atoms with Crippen molar-refractivity contribution in [3.63, 3.8) is 0 Å². The molecule has 1 aromatic rings. The normalized spacial score (nSPS) is 16.7. The van der Waals surface area contributed by atoms with Gasteiger partial charge in [0.15, 0.2) is 6.04 Å². The molecule has 0 bridgehead atoms. The Labute approximate surface area is 137 Å². The van der Waals surface area contributed by atoms with Gasteiger partial charge in [-0.25, -0.2) is 0 Å². The number of carbonyl (C=O) groups is 2. The fraction of sp³-hybridized carbons (Fsp3) is 0.529. The first-order chi connectivity index (χ1) is 11.0. The van der Waals surface area contributed by atoms with Gasteiger partial charge in [0.2, 0.25) is 5.91 Å². The molecule has 6 heteroatoms. The molecule has 0 spiro atoms. The Kier molecular flexibility index (Phi) is 5.98. The lowest BCUT2D eigenvalue weighted by Crippen LogP contribution is -3.19. The molecule has 0 aromatic heterocycles. The molecule has 1 heterocycles. The van der Waals surface area contributed by atoms with Gasteiger partial charge in [-0.3, -0.25) is 9.59 Å². The van der Waals surface area contributed by atoms with Gasteiger partial charge in [0.1, 0.15) is 5.75 Å². The third-order valence-electron chi connectivity index (χ3n) is 4.29. The van der Waals surface area contributed by atoms with E-state index < -0.39 is 0 Å². The summed E-state index contributed by atoms with van der Waals surface area (Å²) in [5.41, 5.74) is 0.770. The van der Waals surface area contributed by atoms with Gasteiger partial charge < -0.3 is 19.9 Å². The van der Waals surface area contributed by atoms with E-state index >= 15 is 0 Å². The van der Waals surface area contributed by atoms with Gasteiger partial charge in [-0.05, 0) is 38.1 Å². The Morgan fingerprint density at radius 2 is 1.87 bits per heavy atom. The van der Waals surface area contributed by atoms with Gasteiger partial charge in [0, 0.05) is 12.6 Å². The Bertz CT molecular complexity index is 537. The van der Waals surface area contributed by atoms with Crippen molar-refractivity contribution in [3.05, 3.63) is 24.3 Å². The minimum Gasteiger partial charge on any atom is -0.494 e. The van der Waals surface area contributed by atoms with Gasteiger partial charge >= 0.3 is 0 Å². The standard InChI is InChI=1S/C17H25N3O3/c1-4-23-16-7-5-15(6-8-16)18-17(22)13(2)19-9-11-20(12-10-19)14(3)21/h5-8,13H,4,9-12H2,1-3H3,(H,18,22)/p+1/t13-/m1/s1. The SMILES string of the molecule is CCOc1ccc(NC(=O)[C@@H](C)[NH+]2CCN(C(C)=O)CC2)cc1. The van der Waals surface area contributed by atoms with E-state index in [4.69, 9.17) is 4.74 Å². The summed E-state index contributed by atoms with van der Waals surface area (Å²) in [6, 6.07) is 7.25. The van der Waals surface area contributed by atoms with Crippen molar-refractivity contribution in [2.24, 2.45) is 0 Å². The van der Waals surface area contributed by atoms with Crippen LogP contribution in [0.5, 0.6) is 5.75 Å². The number of hydrogen-bond donors (Lipinski definition) is 2. The zero-order valence-corrected chi connectivity index (χ0v) is 14.1. The molecule has 0 unspecified atom stereocenters. The number of rotatable bonds is 5. The highest BCUT2D eigenvalue weighted by atomic mass is 16.5. The molecule has 1 atom stereocenters. The van der Waals surface area contributed by atoms with Crippen molar-refractivity contribution in [2.45, 2.75) is 26.8 Å². The zero-order valence-electron chi connectivity index (χ0n) is 14.1. The Balaban J connectivity index is 1.86. The number of ether oxygens (including phenoxy) is 1. The molecular formula is C17H26N3O3+. The van der Waals surface area contributed by atoms with E-state index in [1.165, 1.54) is 4.90 Å². The van der Waals surface area contributed by atoms with Gasteiger partial charge in [-0.1, -0.05) is 0 Å². The average molecular weight is 320 g/mol. The first kappa shape index (κ1) is 17.3. The minimum absolute atomic E-state index is 0.000403. The number of anilines is 1. The van der Waals surface area contributed by atoms with Crippen LogP contribution in [0.3, 0.4) is 0 Å². The molecule has 2 N–H and O–H groups in total. The summed E-state index contributed by atoms with van der Waals surface area (Å²) < 4.78 is 5.39. The Morgan fingerprint density at radius 1 is 1.26 bits per heavy atom. The number of piperazine rings is 1. The van der Waals surface area contributed by atoms with Gasteiger partial charge in [0.05, 0.1) is 32.8 Å². The van der Waals surface area contributed by atoms with E-state index in [9.17, 15) is 9.59 Å². The summed E-state index contributed by atoms with van der Waals surface area (Å²) >= 11 is 0. The van der Waals surface area contributed by atoms with Crippen molar-refractivity contribution < 1.29 is 19.2 Å². The highest BCUT2D eigenvalue weighted by molar-refractivity contribution is 5.93.